The van der Waals surface area contributed by atoms with E-state index in [0.717, 1.165) is 71.8 Å². The van der Waals surface area contributed by atoms with Gasteiger partial charge in [0.2, 0.25) is 17.7 Å². The SMILES string of the molecule is COc1cc(N2CCC(N3CCN(C(=O)CCOc4ccc5c(c4)C(=O)N(C4CCC(=O)NC4=O)C5=O)CC3)CC2)ccc1Cc1ncc(Cl)c(Cc2ccccc2P(C)(C)=O)n1. The Balaban J connectivity index is 0.788. The fraction of sp³-hybridized carbons (Fsp3) is 0.413. The van der Waals surface area contributed by atoms with Crippen LogP contribution < -0.4 is 25.0 Å². The monoisotopic (exact) mass is 895 g/mol. The first-order valence-electron chi connectivity index (χ1n) is 21.3. The molecule has 1 aromatic heterocycles. The smallest absolute Gasteiger partial charge is 0.262 e. The molecule has 4 aliphatic heterocycles. The van der Waals surface area contributed by atoms with Crippen molar-refractivity contribution < 1.29 is 38.0 Å². The zero-order chi connectivity index (χ0) is 44.4. The average Bonchev–Trinajstić information content (AvgIpc) is 3.52. The summed E-state index contributed by atoms with van der Waals surface area (Å²) in [6, 6.07) is 17.9. The third-order valence-corrected chi connectivity index (χ3v) is 14.3. The van der Waals surface area contributed by atoms with E-state index in [2.05, 4.69) is 38.3 Å². The van der Waals surface area contributed by atoms with Gasteiger partial charge >= 0.3 is 0 Å². The second-order valence-electron chi connectivity index (χ2n) is 16.8. The number of nitrogens with zero attached hydrogens (tertiary/aromatic N) is 6. The molecule has 0 saturated carbocycles. The number of halogens is 1. The van der Waals surface area contributed by atoms with Crippen LogP contribution in [0.25, 0.3) is 0 Å². The lowest BCUT2D eigenvalue weighted by molar-refractivity contribution is -0.136. The second kappa shape index (κ2) is 18.6. The Kier molecular flexibility index (Phi) is 13.0. The van der Waals surface area contributed by atoms with Crippen molar-refractivity contribution in [3.63, 3.8) is 0 Å². The maximum absolute atomic E-state index is 13.2. The Bertz CT molecular complexity index is 2500. The highest BCUT2D eigenvalue weighted by atomic mass is 35.5. The lowest BCUT2D eigenvalue weighted by Crippen LogP contribution is -2.54. The summed E-state index contributed by atoms with van der Waals surface area (Å²) in [4.78, 5) is 80.3. The van der Waals surface area contributed by atoms with E-state index in [9.17, 15) is 28.5 Å². The number of benzene rings is 3. The van der Waals surface area contributed by atoms with Gasteiger partial charge in [-0.3, -0.25) is 39.1 Å². The predicted octanol–water partition coefficient (Wildman–Crippen LogP) is 4.55. The van der Waals surface area contributed by atoms with Crippen molar-refractivity contribution >= 4 is 59.3 Å². The summed E-state index contributed by atoms with van der Waals surface area (Å²) < 4.78 is 24.7. The second-order valence-corrected chi connectivity index (χ2v) is 20.4. The highest BCUT2D eigenvalue weighted by Crippen LogP contribution is 2.37. The van der Waals surface area contributed by atoms with E-state index in [1.165, 1.54) is 12.1 Å². The van der Waals surface area contributed by atoms with Gasteiger partial charge in [0.15, 0.2) is 0 Å². The van der Waals surface area contributed by atoms with Crippen molar-refractivity contribution in [2.45, 2.75) is 57.0 Å². The largest absolute Gasteiger partial charge is 0.496 e. The van der Waals surface area contributed by atoms with Crippen molar-refractivity contribution in [2.75, 3.05) is 71.2 Å². The quantitative estimate of drug-likeness (QED) is 0.147. The van der Waals surface area contributed by atoms with Gasteiger partial charge in [-0.2, -0.15) is 0 Å². The summed E-state index contributed by atoms with van der Waals surface area (Å²) in [7, 11) is -0.815. The molecule has 15 nitrogen and oxygen atoms in total. The number of amides is 5. The van der Waals surface area contributed by atoms with E-state index in [1.807, 2.05) is 29.2 Å². The maximum atomic E-state index is 13.2. The zero-order valence-electron chi connectivity index (χ0n) is 35.7. The van der Waals surface area contributed by atoms with Crippen LogP contribution in [0.2, 0.25) is 5.02 Å². The molecule has 0 spiro atoms. The molecule has 0 aliphatic carbocycles. The first kappa shape index (κ1) is 44.0. The molecule has 3 aromatic carbocycles. The van der Waals surface area contributed by atoms with Gasteiger partial charge in [0.05, 0.1) is 42.0 Å². The number of hydrogen-bond donors (Lipinski definition) is 1. The van der Waals surface area contributed by atoms with E-state index < -0.39 is 36.8 Å². The first-order valence-corrected chi connectivity index (χ1v) is 24.3. The van der Waals surface area contributed by atoms with E-state index in [4.69, 9.17) is 26.1 Å². The Morgan fingerprint density at radius 1 is 0.873 bits per heavy atom. The van der Waals surface area contributed by atoms with Gasteiger partial charge in [0.25, 0.3) is 11.8 Å². The standard InChI is InChI=1S/C46H51ClN7O8P/c1-61-39-26-32(9-8-29(39)25-41-48-28-36(47)37(49-41)24-30-6-4-5-7-40(30)63(2,3)60)51-17-14-31(15-18-51)52-19-21-53(22-20-52)43(56)16-23-62-33-10-11-34-35(27-33)46(59)54(45(34)58)38-12-13-42(55)50-44(38)57/h4-11,26-28,31,38H,12-25H2,1-3H3,(H,50,55,57). The van der Waals surface area contributed by atoms with Crippen molar-refractivity contribution in [3.8, 4) is 11.5 Å². The Morgan fingerprint density at radius 2 is 1.62 bits per heavy atom. The van der Waals surface area contributed by atoms with Crippen molar-refractivity contribution in [1.29, 1.82) is 0 Å². The Hall–Kier alpha value is -5.63. The number of aromatic nitrogens is 2. The van der Waals surface area contributed by atoms with Gasteiger partial charge in [-0.15, -0.1) is 0 Å². The summed E-state index contributed by atoms with van der Waals surface area (Å²) in [6.45, 7) is 8.30. The van der Waals surface area contributed by atoms with Crippen molar-refractivity contribution in [2.24, 2.45) is 0 Å². The van der Waals surface area contributed by atoms with Crippen LogP contribution in [0.4, 0.5) is 5.69 Å². The summed E-state index contributed by atoms with van der Waals surface area (Å²) >= 11 is 6.56. The van der Waals surface area contributed by atoms with E-state index in [1.54, 1.807) is 32.7 Å². The van der Waals surface area contributed by atoms with Gasteiger partial charge < -0.3 is 23.8 Å². The molecule has 1 atom stereocenters. The number of imide groups is 2. The maximum Gasteiger partial charge on any atom is 0.262 e. The number of hydrogen-bond acceptors (Lipinski definition) is 12. The summed E-state index contributed by atoms with van der Waals surface area (Å²) in [5.41, 5.74) is 4.00. The zero-order valence-corrected chi connectivity index (χ0v) is 37.3. The molecule has 3 fully saturated rings. The molecule has 8 rings (SSSR count). The van der Waals surface area contributed by atoms with E-state index in [-0.39, 0.29) is 42.9 Å². The predicted molar refractivity (Wildman–Crippen MR) is 238 cm³/mol. The number of piperazine rings is 1. The third-order valence-electron chi connectivity index (χ3n) is 12.4. The molecule has 3 saturated heterocycles. The van der Waals surface area contributed by atoms with Crippen molar-refractivity contribution in [3.05, 3.63) is 106 Å². The number of carbonyl (C=O) groups is 5. The lowest BCUT2D eigenvalue weighted by Gasteiger charge is -2.43. The van der Waals surface area contributed by atoms with Gasteiger partial charge in [-0.25, -0.2) is 9.97 Å². The molecule has 17 heteroatoms. The molecule has 0 bridgehead atoms. The molecule has 4 aliphatic rings. The van der Waals surface area contributed by atoms with Crippen LogP contribution in [-0.2, 0) is 31.8 Å². The summed E-state index contributed by atoms with van der Waals surface area (Å²) in [5, 5.41) is 3.50. The third kappa shape index (κ3) is 9.66. The number of anilines is 1. The molecule has 1 unspecified atom stereocenters. The average molecular weight is 896 g/mol. The molecular weight excluding hydrogens is 845 g/mol. The number of ether oxygens (including phenoxy) is 2. The van der Waals surface area contributed by atoms with Crippen LogP contribution in [0.5, 0.6) is 11.5 Å². The minimum atomic E-state index is -2.49. The van der Waals surface area contributed by atoms with Crippen LogP contribution in [-0.4, -0.2) is 133 Å². The van der Waals surface area contributed by atoms with Gasteiger partial charge in [-0.05, 0) is 62.4 Å². The lowest BCUT2D eigenvalue weighted by atomic mass is 10.0. The van der Waals surface area contributed by atoms with Crippen molar-refractivity contribution in [1.82, 2.24) is 30.0 Å². The Labute approximate surface area is 371 Å². The van der Waals surface area contributed by atoms with Crippen LogP contribution in [0.1, 0.15) is 75.5 Å². The number of fused-ring (bicyclic) bond motifs is 1. The highest BCUT2D eigenvalue weighted by molar-refractivity contribution is 7.70. The topological polar surface area (TPSA) is 172 Å². The molecule has 5 heterocycles. The minimum Gasteiger partial charge on any atom is -0.496 e. The summed E-state index contributed by atoms with van der Waals surface area (Å²) in [6.07, 6.45) is 4.85. The van der Waals surface area contributed by atoms with Gasteiger partial charge in [0.1, 0.15) is 30.5 Å². The number of piperidine rings is 2. The Morgan fingerprint density at radius 3 is 2.35 bits per heavy atom. The number of rotatable bonds is 13. The molecule has 1 N–H and O–H groups in total. The molecule has 0 radical (unpaired) electrons. The summed E-state index contributed by atoms with van der Waals surface area (Å²) in [5.74, 6) is -0.550. The normalized spacial score (nSPS) is 18.7. The van der Waals surface area contributed by atoms with E-state index >= 15 is 0 Å². The fourth-order valence-corrected chi connectivity index (χ4v) is 10.5. The molecule has 4 aromatic rings. The molecule has 5 amide bonds. The number of methoxy groups -OCH3 is 1. The van der Waals surface area contributed by atoms with Gasteiger partial charge in [0, 0.05) is 93.4 Å². The minimum absolute atomic E-state index is 0.00631. The number of carbonyl (C=O) groups excluding carboxylic acids is 5. The van der Waals surface area contributed by atoms with Crippen LogP contribution in [0, 0.1) is 0 Å². The molecule has 330 valence electrons. The van der Waals surface area contributed by atoms with Gasteiger partial charge in [-0.1, -0.05) is 41.9 Å². The van der Waals surface area contributed by atoms with Crippen LogP contribution in [0.3, 0.4) is 0 Å². The fourth-order valence-electron chi connectivity index (χ4n) is 9.05. The van der Waals surface area contributed by atoms with Crippen LogP contribution in [0.15, 0.2) is 66.9 Å². The molecular formula is C46H51ClN7O8P. The highest BCUT2D eigenvalue weighted by Gasteiger charge is 2.44. The number of nitrogens with one attached hydrogen (secondary N) is 1. The molecule has 63 heavy (non-hydrogen) atoms. The first-order chi connectivity index (χ1) is 30.3. The van der Waals surface area contributed by atoms with E-state index in [0.29, 0.717) is 54.3 Å². The van der Waals surface area contributed by atoms with Crippen LogP contribution >= 0.6 is 18.7 Å².